The van der Waals surface area contributed by atoms with Gasteiger partial charge in [-0.05, 0) is 36.6 Å². The molecule has 0 saturated carbocycles. The molecule has 20 heavy (non-hydrogen) atoms. The van der Waals surface area contributed by atoms with E-state index in [4.69, 9.17) is 15.2 Å². The standard InChI is InChI=1S/C15H22N2O3/c1-19-8-2-9-20-10-7-17-14-5-4-13(16)11-12(14)3-6-15(17)18/h4-5,11H,2-3,6-10,16H2,1H3. The quantitative estimate of drug-likeness (QED) is 0.608. The number of amides is 1. The Balaban J connectivity index is 1.89. The maximum Gasteiger partial charge on any atom is 0.227 e. The largest absolute Gasteiger partial charge is 0.399 e. The van der Waals surface area contributed by atoms with Crippen molar-refractivity contribution in [2.45, 2.75) is 19.3 Å². The molecule has 0 aliphatic carbocycles. The predicted molar refractivity (Wildman–Crippen MR) is 78.8 cm³/mol. The second kappa shape index (κ2) is 7.26. The summed E-state index contributed by atoms with van der Waals surface area (Å²) in [4.78, 5) is 13.8. The number of hydrogen-bond acceptors (Lipinski definition) is 4. The first kappa shape index (κ1) is 14.8. The smallest absolute Gasteiger partial charge is 0.227 e. The van der Waals surface area contributed by atoms with Crippen molar-refractivity contribution < 1.29 is 14.3 Å². The number of aryl methyl sites for hydroxylation is 1. The van der Waals surface area contributed by atoms with Crippen LogP contribution in [0.25, 0.3) is 0 Å². The summed E-state index contributed by atoms with van der Waals surface area (Å²) in [5.41, 5.74) is 8.65. The lowest BCUT2D eigenvalue weighted by Gasteiger charge is -2.29. The van der Waals surface area contributed by atoms with Gasteiger partial charge in [0.25, 0.3) is 0 Å². The summed E-state index contributed by atoms with van der Waals surface area (Å²) >= 11 is 0. The summed E-state index contributed by atoms with van der Waals surface area (Å²) < 4.78 is 10.5. The van der Waals surface area contributed by atoms with Gasteiger partial charge in [0.15, 0.2) is 0 Å². The van der Waals surface area contributed by atoms with Gasteiger partial charge in [0, 0.05) is 44.7 Å². The summed E-state index contributed by atoms with van der Waals surface area (Å²) in [6, 6.07) is 5.71. The number of nitrogen functional groups attached to an aromatic ring is 1. The third-order valence-corrected chi connectivity index (χ3v) is 3.40. The van der Waals surface area contributed by atoms with Gasteiger partial charge < -0.3 is 20.1 Å². The van der Waals surface area contributed by atoms with Crippen LogP contribution in [0, 0.1) is 0 Å². The SMILES string of the molecule is COCCCOCCN1C(=O)CCc2cc(N)ccc21. The molecular formula is C15H22N2O3. The summed E-state index contributed by atoms with van der Waals surface area (Å²) in [6.07, 6.45) is 2.18. The lowest BCUT2D eigenvalue weighted by molar-refractivity contribution is -0.119. The first-order valence-corrected chi connectivity index (χ1v) is 6.98. The van der Waals surface area contributed by atoms with Gasteiger partial charge in [-0.15, -0.1) is 0 Å². The molecule has 0 aromatic heterocycles. The van der Waals surface area contributed by atoms with E-state index in [0.29, 0.717) is 32.8 Å². The Kier molecular flexibility index (Phi) is 5.38. The molecule has 5 heteroatoms. The van der Waals surface area contributed by atoms with Crippen molar-refractivity contribution in [1.29, 1.82) is 0 Å². The fourth-order valence-electron chi connectivity index (χ4n) is 2.39. The van der Waals surface area contributed by atoms with Crippen LogP contribution in [0.1, 0.15) is 18.4 Å². The molecule has 0 radical (unpaired) electrons. The highest BCUT2D eigenvalue weighted by Crippen LogP contribution is 2.29. The van der Waals surface area contributed by atoms with E-state index < -0.39 is 0 Å². The molecule has 1 amide bonds. The topological polar surface area (TPSA) is 64.8 Å². The van der Waals surface area contributed by atoms with Crippen LogP contribution in [-0.4, -0.2) is 39.4 Å². The van der Waals surface area contributed by atoms with Crippen LogP contribution >= 0.6 is 0 Å². The lowest BCUT2D eigenvalue weighted by atomic mass is 10.0. The molecule has 1 heterocycles. The highest BCUT2D eigenvalue weighted by atomic mass is 16.5. The maximum absolute atomic E-state index is 12.0. The van der Waals surface area contributed by atoms with Crippen molar-refractivity contribution in [2.75, 3.05) is 44.1 Å². The van der Waals surface area contributed by atoms with E-state index in [9.17, 15) is 4.79 Å². The predicted octanol–water partition coefficient (Wildman–Crippen LogP) is 1.60. The van der Waals surface area contributed by atoms with Gasteiger partial charge in [0.05, 0.1) is 6.61 Å². The average molecular weight is 278 g/mol. The minimum atomic E-state index is 0.155. The van der Waals surface area contributed by atoms with Gasteiger partial charge in [-0.1, -0.05) is 0 Å². The summed E-state index contributed by atoms with van der Waals surface area (Å²) in [5, 5.41) is 0. The number of benzene rings is 1. The van der Waals surface area contributed by atoms with E-state index in [2.05, 4.69) is 0 Å². The molecule has 110 valence electrons. The molecule has 1 aromatic carbocycles. The van der Waals surface area contributed by atoms with Crippen LogP contribution in [0.2, 0.25) is 0 Å². The fraction of sp³-hybridized carbons (Fsp3) is 0.533. The Morgan fingerprint density at radius 2 is 2.10 bits per heavy atom. The molecule has 0 spiro atoms. The maximum atomic E-state index is 12.0. The number of ether oxygens (including phenoxy) is 2. The van der Waals surface area contributed by atoms with Crippen molar-refractivity contribution >= 4 is 17.3 Å². The number of nitrogens with two attached hydrogens (primary N) is 1. The molecule has 0 unspecified atom stereocenters. The van der Waals surface area contributed by atoms with Crippen molar-refractivity contribution in [1.82, 2.24) is 0 Å². The Hall–Kier alpha value is -1.59. The molecule has 0 atom stereocenters. The van der Waals surface area contributed by atoms with Crippen LogP contribution in [-0.2, 0) is 20.7 Å². The van der Waals surface area contributed by atoms with Crippen LogP contribution < -0.4 is 10.6 Å². The first-order chi connectivity index (χ1) is 9.72. The van der Waals surface area contributed by atoms with Gasteiger partial charge in [-0.3, -0.25) is 4.79 Å². The second-order valence-electron chi connectivity index (χ2n) is 4.89. The minimum Gasteiger partial charge on any atom is -0.399 e. The van der Waals surface area contributed by atoms with Crippen LogP contribution in [0.5, 0.6) is 0 Å². The third kappa shape index (κ3) is 3.71. The lowest BCUT2D eigenvalue weighted by Crippen LogP contribution is -2.37. The van der Waals surface area contributed by atoms with Crippen molar-refractivity contribution in [3.63, 3.8) is 0 Å². The van der Waals surface area contributed by atoms with Crippen molar-refractivity contribution in [3.05, 3.63) is 23.8 Å². The first-order valence-electron chi connectivity index (χ1n) is 6.98. The number of anilines is 2. The zero-order valence-electron chi connectivity index (χ0n) is 11.9. The van der Waals surface area contributed by atoms with E-state index in [0.717, 1.165) is 29.8 Å². The summed E-state index contributed by atoms with van der Waals surface area (Å²) in [5.74, 6) is 0.155. The third-order valence-electron chi connectivity index (χ3n) is 3.40. The molecule has 2 rings (SSSR count). The molecule has 1 aromatic rings. The highest BCUT2D eigenvalue weighted by Gasteiger charge is 2.23. The molecule has 0 bridgehead atoms. The van der Waals surface area contributed by atoms with Crippen molar-refractivity contribution in [2.24, 2.45) is 0 Å². The zero-order chi connectivity index (χ0) is 14.4. The molecule has 2 N–H and O–H groups in total. The number of fused-ring (bicyclic) bond motifs is 1. The summed E-state index contributed by atoms with van der Waals surface area (Å²) in [7, 11) is 1.68. The van der Waals surface area contributed by atoms with E-state index in [1.165, 1.54) is 0 Å². The highest BCUT2D eigenvalue weighted by molar-refractivity contribution is 5.96. The van der Waals surface area contributed by atoms with Gasteiger partial charge in [0.1, 0.15) is 0 Å². The second-order valence-corrected chi connectivity index (χ2v) is 4.89. The number of rotatable bonds is 7. The van der Waals surface area contributed by atoms with Crippen LogP contribution in [0.3, 0.4) is 0 Å². The number of methoxy groups -OCH3 is 1. The van der Waals surface area contributed by atoms with Gasteiger partial charge in [-0.25, -0.2) is 0 Å². The van der Waals surface area contributed by atoms with Gasteiger partial charge in [0.2, 0.25) is 5.91 Å². The van der Waals surface area contributed by atoms with E-state index in [1.807, 2.05) is 18.2 Å². The van der Waals surface area contributed by atoms with Crippen LogP contribution in [0.15, 0.2) is 18.2 Å². The molecular weight excluding hydrogens is 256 g/mol. The van der Waals surface area contributed by atoms with E-state index >= 15 is 0 Å². The monoisotopic (exact) mass is 278 g/mol. The molecule has 0 fully saturated rings. The Morgan fingerprint density at radius 3 is 2.90 bits per heavy atom. The van der Waals surface area contributed by atoms with E-state index in [-0.39, 0.29) is 5.91 Å². The normalized spacial score (nSPS) is 14.4. The fourth-order valence-corrected chi connectivity index (χ4v) is 2.39. The molecule has 5 nitrogen and oxygen atoms in total. The number of carbonyl (C=O) groups excluding carboxylic acids is 1. The van der Waals surface area contributed by atoms with Crippen molar-refractivity contribution in [3.8, 4) is 0 Å². The Labute approximate surface area is 119 Å². The number of carbonyl (C=O) groups is 1. The Bertz CT molecular complexity index is 462. The summed E-state index contributed by atoms with van der Waals surface area (Å²) in [6.45, 7) is 2.48. The van der Waals surface area contributed by atoms with Crippen LogP contribution in [0.4, 0.5) is 11.4 Å². The van der Waals surface area contributed by atoms with E-state index in [1.54, 1.807) is 12.0 Å². The zero-order valence-corrected chi connectivity index (χ0v) is 11.9. The Morgan fingerprint density at radius 1 is 1.25 bits per heavy atom. The minimum absolute atomic E-state index is 0.155. The van der Waals surface area contributed by atoms with Gasteiger partial charge in [-0.2, -0.15) is 0 Å². The molecule has 1 aliphatic heterocycles. The molecule has 1 aliphatic rings. The van der Waals surface area contributed by atoms with Gasteiger partial charge >= 0.3 is 0 Å². The number of nitrogens with zero attached hydrogens (tertiary/aromatic N) is 1. The number of hydrogen-bond donors (Lipinski definition) is 1. The molecule has 0 saturated heterocycles. The average Bonchev–Trinajstić information content (AvgIpc) is 2.44.